The van der Waals surface area contributed by atoms with Crippen molar-refractivity contribution in [2.45, 2.75) is 26.2 Å². The van der Waals surface area contributed by atoms with Gasteiger partial charge in [0, 0.05) is 18.9 Å². The minimum atomic E-state index is 0.603. The first-order valence-corrected chi connectivity index (χ1v) is 5.96. The number of benzene rings is 1. The van der Waals surface area contributed by atoms with Crippen LogP contribution in [-0.2, 0) is 6.42 Å². The Kier molecular flexibility index (Phi) is 5.72. The van der Waals surface area contributed by atoms with Crippen LogP contribution in [0.4, 0.5) is 0 Å². The van der Waals surface area contributed by atoms with Gasteiger partial charge in [0.25, 0.3) is 0 Å². The van der Waals surface area contributed by atoms with Crippen LogP contribution in [-0.4, -0.2) is 14.2 Å². The highest BCUT2D eigenvalue weighted by Gasteiger charge is 2.09. The molecule has 0 heterocycles. The molecule has 17 heavy (non-hydrogen) atoms. The zero-order valence-corrected chi connectivity index (χ0v) is 11.2. The molecule has 0 aromatic heterocycles. The van der Waals surface area contributed by atoms with E-state index in [-0.39, 0.29) is 0 Å². The maximum atomic E-state index is 6.08. The third-order valence-electron chi connectivity index (χ3n) is 2.38. The molecular formula is C14H17ClO2. The molecule has 0 amide bonds. The molecule has 1 aromatic carbocycles. The molecule has 0 radical (unpaired) electrons. The predicted octanol–water partition coefficient (Wildman–Crippen LogP) is 3.70. The van der Waals surface area contributed by atoms with Crippen molar-refractivity contribution in [1.82, 2.24) is 0 Å². The lowest BCUT2D eigenvalue weighted by Crippen LogP contribution is -1.94. The SMILES string of the molecule is CCC#CCCc1cc(Cl)c(OC)cc1OC. The molecule has 0 aliphatic heterocycles. The molecule has 1 rings (SSSR count). The second-order valence-corrected chi connectivity index (χ2v) is 3.91. The Balaban J connectivity index is 2.86. The summed E-state index contributed by atoms with van der Waals surface area (Å²) >= 11 is 6.08. The van der Waals surface area contributed by atoms with Crippen molar-refractivity contribution in [2.24, 2.45) is 0 Å². The summed E-state index contributed by atoms with van der Waals surface area (Å²) in [6.07, 6.45) is 2.53. The highest BCUT2D eigenvalue weighted by Crippen LogP contribution is 2.32. The summed E-state index contributed by atoms with van der Waals surface area (Å²) in [6, 6.07) is 3.69. The Bertz CT molecular complexity index is 430. The third kappa shape index (κ3) is 3.87. The Hall–Kier alpha value is -1.33. The molecule has 2 nitrogen and oxygen atoms in total. The van der Waals surface area contributed by atoms with Gasteiger partial charge in [-0.1, -0.05) is 18.5 Å². The zero-order chi connectivity index (χ0) is 12.7. The van der Waals surface area contributed by atoms with Crippen LogP contribution in [0, 0.1) is 11.8 Å². The van der Waals surface area contributed by atoms with E-state index in [1.165, 1.54) is 0 Å². The van der Waals surface area contributed by atoms with Crippen molar-refractivity contribution < 1.29 is 9.47 Å². The lowest BCUT2D eigenvalue weighted by atomic mass is 10.1. The van der Waals surface area contributed by atoms with Crippen molar-refractivity contribution in [3.05, 3.63) is 22.7 Å². The van der Waals surface area contributed by atoms with Crippen LogP contribution in [0.25, 0.3) is 0 Å². The van der Waals surface area contributed by atoms with Gasteiger partial charge in [-0.15, -0.1) is 11.8 Å². The van der Waals surface area contributed by atoms with E-state index >= 15 is 0 Å². The number of hydrogen-bond acceptors (Lipinski definition) is 2. The summed E-state index contributed by atoms with van der Waals surface area (Å²) in [7, 11) is 3.23. The second kappa shape index (κ2) is 7.09. The molecule has 0 aliphatic carbocycles. The number of rotatable bonds is 4. The molecule has 1 aromatic rings. The van der Waals surface area contributed by atoms with Gasteiger partial charge in [-0.2, -0.15) is 0 Å². The highest BCUT2D eigenvalue weighted by atomic mass is 35.5. The second-order valence-electron chi connectivity index (χ2n) is 3.51. The number of halogens is 1. The fraction of sp³-hybridized carbons (Fsp3) is 0.429. The van der Waals surface area contributed by atoms with Gasteiger partial charge in [0.2, 0.25) is 0 Å². The van der Waals surface area contributed by atoms with Crippen LogP contribution < -0.4 is 9.47 Å². The first-order chi connectivity index (χ1) is 8.22. The van der Waals surface area contributed by atoms with Gasteiger partial charge in [-0.3, -0.25) is 0 Å². The average molecular weight is 253 g/mol. The first kappa shape index (κ1) is 13.7. The lowest BCUT2D eigenvalue weighted by Gasteiger charge is -2.11. The predicted molar refractivity (Wildman–Crippen MR) is 70.9 cm³/mol. The lowest BCUT2D eigenvalue weighted by molar-refractivity contribution is 0.391. The summed E-state index contributed by atoms with van der Waals surface area (Å²) in [4.78, 5) is 0. The van der Waals surface area contributed by atoms with E-state index in [2.05, 4.69) is 11.8 Å². The third-order valence-corrected chi connectivity index (χ3v) is 2.67. The van der Waals surface area contributed by atoms with E-state index < -0.39 is 0 Å². The molecule has 3 heteroatoms. The fourth-order valence-corrected chi connectivity index (χ4v) is 1.79. The van der Waals surface area contributed by atoms with Crippen LogP contribution in [0.3, 0.4) is 0 Å². The number of hydrogen-bond donors (Lipinski definition) is 0. The van der Waals surface area contributed by atoms with Gasteiger partial charge in [0.05, 0.1) is 19.2 Å². The van der Waals surface area contributed by atoms with Crippen molar-refractivity contribution in [1.29, 1.82) is 0 Å². The quantitative estimate of drug-likeness (QED) is 0.761. The molecule has 0 fully saturated rings. The van der Waals surface area contributed by atoms with E-state index in [0.29, 0.717) is 10.8 Å². The summed E-state index contributed by atoms with van der Waals surface area (Å²) in [5.41, 5.74) is 1.06. The Morgan fingerprint density at radius 1 is 1.12 bits per heavy atom. The van der Waals surface area contributed by atoms with E-state index in [9.17, 15) is 0 Å². The van der Waals surface area contributed by atoms with Crippen molar-refractivity contribution >= 4 is 11.6 Å². The number of aryl methyl sites for hydroxylation is 1. The van der Waals surface area contributed by atoms with Crippen molar-refractivity contribution in [2.75, 3.05) is 14.2 Å². The van der Waals surface area contributed by atoms with Crippen LogP contribution in [0.15, 0.2) is 12.1 Å². The number of methoxy groups -OCH3 is 2. The van der Waals surface area contributed by atoms with Crippen LogP contribution in [0.5, 0.6) is 11.5 Å². The molecule has 92 valence electrons. The molecular weight excluding hydrogens is 236 g/mol. The molecule has 0 N–H and O–H groups in total. The van der Waals surface area contributed by atoms with Crippen LogP contribution in [0.2, 0.25) is 5.02 Å². The maximum absolute atomic E-state index is 6.08. The maximum Gasteiger partial charge on any atom is 0.141 e. The summed E-state index contributed by atoms with van der Waals surface area (Å²) in [5, 5.41) is 0.603. The molecule has 0 unspecified atom stereocenters. The van der Waals surface area contributed by atoms with Gasteiger partial charge in [-0.25, -0.2) is 0 Å². The van der Waals surface area contributed by atoms with Gasteiger partial charge < -0.3 is 9.47 Å². The minimum Gasteiger partial charge on any atom is -0.496 e. The average Bonchev–Trinajstić information content (AvgIpc) is 2.35. The van der Waals surface area contributed by atoms with Gasteiger partial charge >= 0.3 is 0 Å². The highest BCUT2D eigenvalue weighted by molar-refractivity contribution is 6.32. The topological polar surface area (TPSA) is 18.5 Å². The molecule has 0 saturated carbocycles. The molecule has 0 atom stereocenters. The molecule has 0 aliphatic rings. The van der Waals surface area contributed by atoms with E-state index in [1.807, 2.05) is 19.1 Å². The Morgan fingerprint density at radius 3 is 2.41 bits per heavy atom. The van der Waals surface area contributed by atoms with Crippen LogP contribution >= 0.6 is 11.6 Å². The summed E-state index contributed by atoms with van der Waals surface area (Å²) < 4.78 is 10.5. The largest absolute Gasteiger partial charge is 0.496 e. The Morgan fingerprint density at radius 2 is 1.82 bits per heavy atom. The van der Waals surface area contributed by atoms with E-state index in [1.54, 1.807) is 14.2 Å². The standard InChI is InChI=1S/C14H17ClO2/c1-4-5-6-7-8-11-9-12(15)14(17-3)10-13(11)16-2/h9-10H,4,7-8H2,1-3H3. The Labute approximate surface area is 108 Å². The monoisotopic (exact) mass is 252 g/mol. The first-order valence-electron chi connectivity index (χ1n) is 5.59. The minimum absolute atomic E-state index is 0.603. The molecule has 0 spiro atoms. The smallest absolute Gasteiger partial charge is 0.141 e. The van der Waals surface area contributed by atoms with Crippen molar-refractivity contribution in [3.63, 3.8) is 0 Å². The van der Waals surface area contributed by atoms with Crippen LogP contribution in [0.1, 0.15) is 25.3 Å². The van der Waals surface area contributed by atoms with E-state index in [0.717, 1.165) is 30.6 Å². The van der Waals surface area contributed by atoms with Gasteiger partial charge in [-0.05, 0) is 18.1 Å². The van der Waals surface area contributed by atoms with Gasteiger partial charge in [0.1, 0.15) is 11.5 Å². The number of ether oxygens (including phenoxy) is 2. The fourth-order valence-electron chi connectivity index (χ4n) is 1.53. The van der Waals surface area contributed by atoms with E-state index in [4.69, 9.17) is 21.1 Å². The van der Waals surface area contributed by atoms with Gasteiger partial charge in [0.15, 0.2) is 0 Å². The molecule has 0 bridgehead atoms. The summed E-state index contributed by atoms with van der Waals surface area (Å²) in [6.45, 7) is 2.04. The zero-order valence-electron chi connectivity index (χ0n) is 10.5. The normalized spacial score (nSPS) is 9.41. The van der Waals surface area contributed by atoms with Crippen molar-refractivity contribution in [3.8, 4) is 23.3 Å². The molecule has 0 saturated heterocycles. The summed E-state index contributed by atoms with van der Waals surface area (Å²) in [5.74, 6) is 7.57.